The number of alkyl halides is 3. The first kappa shape index (κ1) is 21.9. The van der Waals surface area contributed by atoms with Gasteiger partial charge in [-0.25, -0.2) is 9.97 Å². The highest BCUT2D eigenvalue weighted by Crippen LogP contribution is 2.31. The molecule has 2 aromatic rings. The molecule has 31 heavy (non-hydrogen) atoms. The van der Waals surface area contributed by atoms with Crippen LogP contribution in [0.1, 0.15) is 44.1 Å². The predicted molar refractivity (Wildman–Crippen MR) is 120 cm³/mol. The van der Waals surface area contributed by atoms with Crippen LogP contribution in [0.15, 0.2) is 36.7 Å². The molecule has 166 valence electrons. The third kappa shape index (κ3) is 5.70. The first-order valence-corrected chi connectivity index (χ1v) is 11.1. The van der Waals surface area contributed by atoms with E-state index < -0.39 is 11.7 Å². The molecular formula is C22H29BF3N5. The van der Waals surface area contributed by atoms with Crippen LogP contribution in [0, 0.1) is 0 Å². The highest BCUT2D eigenvalue weighted by Gasteiger charge is 2.31. The number of hydrogen-bond acceptors (Lipinski definition) is 5. The highest BCUT2D eigenvalue weighted by molar-refractivity contribution is 6.31. The van der Waals surface area contributed by atoms with Crippen molar-refractivity contribution >= 4 is 24.9 Å². The van der Waals surface area contributed by atoms with Gasteiger partial charge in [0.1, 0.15) is 7.85 Å². The largest absolute Gasteiger partial charge is 0.416 e. The van der Waals surface area contributed by atoms with E-state index in [0.717, 1.165) is 49.9 Å². The lowest BCUT2D eigenvalue weighted by atomic mass is 9.89. The Morgan fingerprint density at radius 3 is 2.29 bits per heavy atom. The Morgan fingerprint density at radius 2 is 1.61 bits per heavy atom. The summed E-state index contributed by atoms with van der Waals surface area (Å²) in [6.45, 7) is 1.67. The number of piperidine rings is 1. The second-order valence-electron chi connectivity index (χ2n) is 8.72. The van der Waals surface area contributed by atoms with Crippen LogP contribution in [0.25, 0.3) is 0 Å². The van der Waals surface area contributed by atoms with Gasteiger partial charge in [-0.2, -0.15) is 13.2 Å². The minimum absolute atomic E-state index is 0.276. The second kappa shape index (κ2) is 9.46. The van der Waals surface area contributed by atoms with Gasteiger partial charge in [0.05, 0.1) is 5.56 Å². The average molecular weight is 431 g/mol. The van der Waals surface area contributed by atoms with Gasteiger partial charge in [-0.3, -0.25) is 0 Å². The second-order valence-corrected chi connectivity index (χ2v) is 8.72. The average Bonchev–Trinajstić information content (AvgIpc) is 2.76. The predicted octanol–water partition coefficient (Wildman–Crippen LogP) is 2.74. The molecule has 1 aliphatic carbocycles. The smallest absolute Gasteiger partial charge is 0.370 e. The summed E-state index contributed by atoms with van der Waals surface area (Å²) in [4.78, 5) is 11.0. The van der Waals surface area contributed by atoms with Crippen molar-refractivity contribution in [2.75, 3.05) is 23.3 Å². The van der Waals surface area contributed by atoms with Crippen molar-refractivity contribution in [2.45, 2.75) is 62.8 Å². The third-order valence-corrected chi connectivity index (χ3v) is 6.29. The molecule has 5 nitrogen and oxygen atoms in total. The van der Waals surface area contributed by atoms with Crippen LogP contribution >= 0.6 is 0 Å². The fourth-order valence-corrected chi connectivity index (χ4v) is 4.65. The molecule has 0 amide bonds. The van der Waals surface area contributed by atoms with E-state index in [1.165, 1.54) is 25.0 Å². The van der Waals surface area contributed by atoms with Crippen LogP contribution in [0.2, 0.25) is 0 Å². The molecule has 0 unspecified atom stereocenters. The van der Waals surface area contributed by atoms with Crippen molar-refractivity contribution in [3.63, 3.8) is 0 Å². The van der Waals surface area contributed by atoms with E-state index in [1.54, 1.807) is 12.1 Å². The van der Waals surface area contributed by atoms with Gasteiger partial charge in [0, 0.05) is 49.3 Å². The fraction of sp³-hybridized carbons (Fsp3) is 0.545. The molecule has 2 fully saturated rings. The molecule has 0 radical (unpaired) electrons. The molecule has 3 atom stereocenters. The number of nitrogens with zero attached hydrogens (tertiary/aromatic N) is 3. The molecule has 0 bridgehead atoms. The van der Waals surface area contributed by atoms with Crippen LogP contribution < -0.4 is 21.0 Å². The van der Waals surface area contributed by atoms with E-state index in [2.05, 4.69) is 25.5 Å². The van der Waals surface area contributed by atoms with Crippen LogP contribution in [0.3, 0.4) is 0 Å². The van der Waals surface area contributed by atoms with Gasteiger partial charge in [0.25, 0.3) is 0 Å². The third-order valence-electron chi connectivity index (χ3n) is 6.29. The van der Waals surface area contributed by atoms with E-state index in [0.29, 0.717) is 18.0 Å². The quantitative estimate of drug-likeness (QED) is 0.714. The van der Waals surface area contributed by atoms with E-state index in [-0.39, 0.29) is 6.04 Å². The van der Waals surface area contributed by atoms with Crippen LogP contribution in [-0.2, 0) is 6.18 Å². The van der Waals surface area contributed by atoms with Gasteiger partial charge >= 0.3 is 6.18 Å². The molecule has 1 saturated heterocycles. The molecule has 1 saturated carbocycles. The van der Waals surface area contributed by atoms with Crippen molar-refractivity contribution in [1.29, 1.82) is 0 Å². The zero-order valence-electron chi connectivity index (χ0n) is 17.8. The van der Waals surface area contributed by atoms with Gasteiger partial charge in [-0.15, -0.1) is 0 Å². The maximum Gasteiger partial charge on any atom is 0.416 e. The van der Waals surface area contributed by atoms with Gasteiger partial charge < -0.3 is 15.5 Å². The van der Waals surface area contributed by atoms with E-state index in [9.17, 15) is 13.2 Å². The normalized spacial score (nSPS) is 24.7. The van der Waals surface area contributed by atoms with Gasteiger partial charge in [-0.1, -0.05) is 18.3 Å². The first-order valence-electron chi connectivity index (χ1n) is 11.1. The Kier molecular flexibility index (Phi) is 6.70. The lowest BCUT2D eigenvalue weighted by Gasteiger charge is -2.40. The van der Waals surface area contributed by atoms with Crippen LogP contribution in [0.5, 0.6) is 0 Å². The molecule has 1 aromatic heterocycles. The van der Waals surface area contributed by atoms with E-state index >= 15 is 0 Å². The molecule has 0 spiro atoms. The number of halogens is 3. The number of benzene rings is 1. The summed E-state index contributed by atoms with van der Waals surface area (Å²) >= 11 is 0. The number of nitrogens with one attached hydrogen (secondary N) is 2. The Hall–Kier alpha value is -2.29. The molecule has 4 rings (SSSR count). The molecule has 2 aliphatic rings. The van der Waals surface area contributed by atoms with Gasteiger partial charge in [0.15, 0.2) is 0 Å². The fourth-order valence-electron chi connectivity index (χ4n) is 4.65. The summed E-state index contributed by atoms with van der Waals surface area (Å²) in [7, 11) is 1.97. The number of aromatic nitrogens is 2. The lowest BCUT2D eigenvalue weighted by Crippen LogP contribution is -2.55. The SMILES string of the molecule is Bc1cnc(N[C@@H]2CCCC[C@H]2N[C@H]2CCCN(c3ccc(C(F)(F)F)cc3)C2)nc1. The van der Waals surface area contributed by atoms with E-state index in [4.69, 9.17) is 0 Å². The zero-order valence-corrected chi connectivity index (χ0v) is 17.8. The summed E-state index contributed by atoms with van der Waals surface area (Å²) in [5, 5.41) is 7.34. The summed E-state index contributed by atoms with van der Waals surface area (Å²) in [6, 6.07) is 6.44. The Labute approximate surface area is 182 Å². The molecule has 2 heterocycles. The van der Waals surface area contributed by atoms with Crippen molar-refractivity contribution in [3.05, 3.63) is 42.2 Å². The topological polar surface area (TPSA) is 53.1 Å². The summed E-state index contributed by atoms with van der Waals surface area (Å²) in [5.41, 5.74) is 1.29. The Balaban J connectivity index is 1.37. The standard InChI is InChI=1S/C22H29BF3N5/c23-16-12-27-21(28-13-16)30-20-6-2-1-5-19(20)29-17-4-3-11-31(14-17)18-9-7-15(8-10-18)22(24,25)26/h7-10,12-13,17,19-20,29H,1-6,11,14,23H2,(H,27,28,30)/t17-,19+,20+/m0/s1. The van der Waals surface area contributed by atoms with Crippen molar-refractivity contribution in [2.24, 2.45) is 0 Å². The number of hydrogen-bond donors (Lipinski definition) is 2. The maximum atomic E-state index is 12.9. The highest BCUT2D eigenvalue weighted by atomic mass is 19.4. The minimum atomic E-state index is -4.30. The van der Waals surface area contributed by atoms with E-state index in [1.807, 2.05) is 20.2 Å². The van der Waals surface area contributed by atoms with Crippen molar-refractivity contribution in [1.82, 2.24) is 15.3 Å². The Bertz CT molecular complexity index is 844. The van der Waals surface area contributed by atoms with Crippen molar-refractivity contribution < 1.29 is 13.2 Å². The molecule has 2 N–H and O–H groups in total. The lowest BCUT2D eigenvalue weighted by molar-refractivity contribution is -0.137. The van der Waals surface area contributed by atoms with Gasteiger partial charge in [-0.05, 0) is 49.9 Å². The summed E-state index contributed by atoms with van der Waals surface area (Å²) in [5.74, 6) is 0.666. The number of anilines is 2. The first-order chi connectivity index (χ1) is 14.9. The zero-order chi connectivity index (χ0) is 21.8. The summed E-state index contributed by atoms with van der Waals surface area (Å²) < 4.78 is 38.6. The minimum Gasteiger partial charge on any atom is -0.370 e. The maximum absolute atomic E-state index is 12.9. The molecule has 9 heteroatoms. The molecular weight excluding hydrogens is 402 g/mol. The van der Waals surface area contributed by atoms with Gasteiger partial charge in [0.2, 0.25) is 5.95 Å². The molecule has 1 aliphatic heterocycles. The van der Waals surface area contributed by atoms with Crippen molar-refractivity contribution in [3.8, 4) is 0 Å². The number of rotatable bonds is 5. The Morgan fingerprint density at radius 1 is 0.935 bits per heavy atom. The monoisotopic (exact) mass is 431 g/mol. The van der Waals surface area contributed by atoms with Crippen LogP contribution in [0.4, 0.5) is 24.8 Å². The molecule has 1 aromatic carbocycles. The summed E-state index contributed by atoms with van der Waals surface area (Å²) in [6.07, 6.45) is 5.99. The van der Waals surface area contributed by atoms with Crippen LogP contribution in [-0.4, -0.2) is 49.0 Å².